The number of ether oxygens (including phenoxy) is 1. The summed E-state index contributed by atoms with van der Waals surface area (Å²) >= 11 is 0. The van der Waals surface area contributed by atoms with E-state index in [1.54, 1.807) is 19.1 Å². The lowest BCUT2D eigenvalue weighted by Gasteiger charge is -2.14. The quantitative estimate of drug-likeness (QED) is 0.735. The highest BCUT2D eigenvalue weighted by molar-refractivity contribution is 6.05. The fourth-order valence-corrected chi connectivity index (χ4v) is 2.38. The Hall–Kier alpha value is -3.02. The van der Waals surface area contributed by atoms with Gasteiger partial charge in [0.1, 0.15) is 11.4 Å². The van der Waals surface area contributed by atoms with E-state index in [0.717, 1.165) is 5.69 Å². The molecule has 0 aliphatic rings. The van der Waals surface area contributed by atoms with Gasteiger partial charge in [-0.2, -0.15) is 0 Å². The lowest BCUT2D eigenvalue weighted by atomic mass is 10.1. The van der Waals surface area contributed by atoms with E-state index in [4.69, 9.17) is 4.74 Å². The molecule has 0 spiro atoms. The van der Waals surface area contributed by atoms with Gasteiger partial charge in [0.05, 0.1) is 12.3 Å². The van der Waals surface area contributed by atoms with Crippen LogP contribution in [0, 0.1) is 12.7 Å². The van der Waals surface area contributed by atoms with Crippen molar-refractivity contribution in [3.8, 4) is 0 Å². The molecule has 0 saturated heterocycles. The van der Waals surface area contributed by atoms with Gasteiger partial charge in [-0.25, -0.2) is 19.2 Å². The fourth-order valence-electron chi connectivity index (χ4n) is 2.38. The maximum absolute atomic E-state index is 13.5. The van der Waals surface area contributed by atoms with E-state index < -0.39 is 5.97 Å². The van der Waals surface area contributed by atoms with E-state index >= 15 is 0 Å². The zero-order valence-electron chi connectivity index (χ0n) is 13.3. The second-order valence-electron chi connectivity index (χ2n) is 5.23. The molecule has 1 aromatic carbocycles. The van der Waals surface area contributed by atoms with E-state index in [1.165, 1.54) is 18.3 Å². The normalized spacial score (nSPS) is 10.6. The maximum Gasteiger partial charge on any atom is 0.341 e. The number of benzene rings is 1. The number of hydrogen-bond acceptors (Lipinski definition) is 5. The third-order valence-corrected chi connectivity index (χ3v) is 3.46. The highest BCUT2D eigenvalue weighted by Gasteiger charge is 2.17. The molecule has 3 rings (SSSR count). The minimum atomic E-state index is -0.494. The molecule has 2 heterocycles. The molecule has 0 radical (unpaired) electrons. The minimum Gasteiger partial charge on any atom is -0.462 e. The summed E-state index contributed by atoms with van der Waals surface area (Å²) in [7, 11) is 0. The van der Waals surface area contributed by atoms with E-state index in [1.807, 2.05) is 19.1 Å². The van der Waals surface area contributed by atoms with Crippen molar-refractivity contribution >= 4 is 28.4 Å². The summed E-state index contributed by atoms with van der Waals surface area (Å²) in [5.74, 6) is -0.864. The van der Waals surface area contributed by atoms with Crippen molar-refractivity contribution < 1.29 is 13.9 Å². The number of carbonyl (C=O) groups is 1. The van der Waals surface area contributed by atoms with E-state index in [-0.39, 0.29) is 18.0 Å². The molecule has 3 aromatic rings. The number of halogens is 1. The Morgan fingerprint density at radius 2 is 2.12 bits per heavy atom. The van der Waals surface area contributed by atoms with Crippen LogP contribution in [0.15, 0.2) is 42.6 Å². The van der Waals surface area contributed by atoms with Crippen molar-refractivity contribution in [2.45, 2.75) is 13.8 Å². The van der Waals surface area contributed by atoms with Crippen molar-refractivity contribution in [2.75, 3.05) is 11.9 Å². The minimum absolute atomic E-state index is 0.252. The molecule has 0 fully saturated rings. The second-order valence-corrected chi connectivity index (χ2v) is 5.23. The van der Waals surface area contributed by atoms with Crippen LogP contribution in [0.3, 0.4) is 0 Å². The van der Waals surface area contributed by atoms with Gasteiger partial charge in [0.25, 0.3) is 0 Å². The summed E-state index contributed by atoms with van der Waals surface area (Å²) in [4.78, 5) is 20.8. The maximum atomic E-state index is 13.5. The molecule has 2 aromatic heterocycles. The van der Waals surface area contributed by atoms with Gasteiger partial charge in [-0.05, 0) is 44.2 Å². The van der Waals surface area contributed by atoms with Crippen LogP contribution < -0.4 is 5.32 Å². The van der Waals surface area contributed by atoms with E-state index in [0.29, 0.717) is 22.4 Å². The number of aryl methyl sites for hydroxylation is 1. The van der Waals surface area contributed by atoms with Gasteiger partial charge in [0.2, 0.25) is 0 Å². The van der Waals surface area contributed by atoms with Gasteiger partial charge >= 0.3 is 5.97 Å². The van der Waals surface area contributed by atoms with E-state index in [2.05, 4.69) is 15.3 Å². The number of nitrogens with one attached hydrogen (secondary N) is 1. The number of fused-ring (bicyclic) bond motifs is 1. The van der Waals surface area contributed by atoms with Crippen LogP contribution in [0.5, 0.6) is 0 Å². The first-order valence-corrected chi connectivity index (χ1v) is 7.54. The highest BCUT2D eigenvalue weighted by atomic mass is 19.1. The van der Waals surface area contributed by atoms with Crippen LogP contribution >= 0.6 is 0 Å². The molecule has 1 N–H and O–H groups in total. The first-order valence-electron chi connectivity index (χ1n) is 7.54. The molecule has 122 valence electrons. The summed E-state index contributed by atoms with van der Waals surface area (Å²) in [6.45, 7) is 3.85. The average molecular weight is 325 g/mol. The molecule has 24 heavy (non-hydrogen) atoms. The topological polar surface area (TPSA) is 64.1 Å². The van der Waals surface area contributed by atoms with Gasteiger partial charge < -0.3 is 10.1 Å². The Morgan fingerprint density at radius 3 is 2.88 bits per heavy atom. The van der Waals surface area contributed by atoms with Gasteiger partial charge in [0.15, 0.2) is 5.65 Å². The van der Waals surface area contributed by atoms with Crippen LogP contribution in [0.25, 0.3) is 11.0 Å². The number of pyridine rings is 2. The zero-order valence-corrected chi connectivity index (χ0v) is 13.3. The zero-order chi connectivity index (χ0) is 17.1. The SMILES string of the molecule is CCOC(=O)c1cnc2nc(C)ccc2c1Nc1cccc(F)c1. The summed E-state index contributed by atoms with van der Waals surface area (Å²) in [5, 5.41) is 3.76. The molecule has 0 atom stereocenters. The van der Waals surface area contributed by atoms with Gasteiger partial charge in [-0.3, -0.25) is 0 Å². The van der Waals surface area contributed by atoms with Crippen LogP contribution in [-0.4, -0.2) is 22.5 Å². The Balaban J connectivity index is 2.16. The average Bonchev–Trinajstić information content (AvgIpc) is 2.55. The van der Waals surface area contributed by atoms with E-state index in [9.17, 15) is 9.18 Å². The number of aromatic nitrogens is 2. The van der Waals surface area contributed by atoms with Gasteiger partial charge in [-0.15, -0.1) is 0 Å². The third-order valence-electron chi connectivity index (χ3n) is 3.46. The number of anilines is 2. The lowest BCUT2D eigenvalue weighted by molar-refractivity contribution is 0.0527. The Bertz CT molecular complexity index is 912. The number of esters is 1. The van der Waals surface area contributed by atoms with Crippen LogP contribution in [0.2, 0.25) is 0 Å². The van der Waals surface area contributed by atoms with Crippen molar-refractivity contribution in [1.82, 2.24) is 9.97 Å². The van der Waals surface area contributed by atoms with Crippen molar-refractivity contribution in [3.05, 3.63) is 59.7 Å². The molecule has 0 unspecified atom stereocenters. The Labute approximate surface area is 138 Å². The van der Waals surface area contributed by atoms with Crippen molar-refractivity contribution in [2.24, 2.45) is 0 Å². The number of hydrogen-bond donors (Lipinski definition) is 1. The first-order chi connectivity index (χ1) is 11.6. The number of rotatable bonds is 4. The summed E-state index contributed by atoms with van der Waals surface area (Å²) < 4.78 is 18.5. The Morgan fingerprint density at radius 1 is 1.29 bits per heavy atom. The molecular formula is C18H16FN3O2. The lowest BCUT2D eigenvalue weighted by Crippen LogP contribution is -2.09. The molecule has 6 heteroatoms. The fraction of sp³-hybridized carbons (Fsp3) is 0.167. The number of carbonyl (C=O) groups excluding carboxylic acids is 1. The molecule has 0 saturated carbocycles. The third kappa shape index (κ3) is 3.17. The molecule has 0 bridgehead atoms. The summed E-state index contributed by atoms with van der Waals surface area (Å²) in [6, 6.07) is 9.67. The van der Waals surface area contributed by atoms with Crippen LogP contribution in [0.1, 0.15) is 23.0 Å². The summed E-state index contributed by atoms with van der Waals surface area (Å²) in [5.41, 5.74) is 2.61. The molecule has 0 aliphatic heterocycles. The molecular weight excluding hydrogens is 309 g/mol. The standard InChI is InChI=1S/C18H16FN3O2/c1-3-24-18(23)15-10-20-17-14(8-7-11(2)21-17)16(15)22-13-6-4-5-12(19)9-13/h4-10H,3H2,1-2H3,(H,20,21,22). The highest BCUT2D eigenvalue weighted by Crippen LogP contribution is 2.29. The largest absolute Gasteiger partial charge is 0.462 e. The van der Waals surface area contributed by atoms with Gasteiger partial charge in [-0.1, -0.05) is 6.07 Å². The van der Waals surface area contributed by atoms with Gasteiger partial charge in [0, 0.05) is 23.0 Å². The molecule has 0 aliphatic carbocycles. The predicted molar refractivity (Wildman–Crippen MR) is 89.9 cm³/mol. The monoisotopic (exact) mass is 325 g/mol. The number of nitrogens with zero attached hydrogens (tertiary/aromatic N) is 2. The van der Waals surface area contributed by atoms with Crippen molar-refractivity contribution in [1.29, 1.82) is 0 Å². The smallest absolute Gasteiger partial charge is 0.341 e. The molecule has 5 nitrogen and oxygen atoms in total. The van der Waals surface area contributed by atoms with Crippen molar-refractivity contribution in [3.63, 3.8) is 0 Å². The van der Waals surface area contributed by atoms with Crippen LogP contribution in [-0.2, 0) is 4.74 Å². The predicted octanol–water partition coefficient (Wildman–Crippen LogP) is 4.00. The summed E-state index contributed by atoms with van der Waals surface area (Å²) in [6.07, 6.45) is 1.42. The molecule has 0 amide bonds. The second kappa shape index (κ2) is 6.62. The Kier molecular flexibility index (Phi) is 4.37. The first kappa shape index (κ1) is 15.9. The van der Waals surface area contributed by atoms with Crippen LogP contribution in [0.4, 0.5) is 15.8 Å².